The predicted molar refractivity (Wildman–Crippen MR) is 434 cm³/mol. The van der Waals surface area contributed by atoms with E-state index in [4.69, 9.17) is 15.4 Å². The second-order valence-electron chi connectivity index (χ2n) is 29.9. The molecule has 0 amide bonds. The third-order valence-corrected chi connectivity index (χ3v) is 20.8. The fourth-order valence-electron chi connectivity index (χ4n) is 15.7. The average Bonchev–Trinajstić information content (AvgIpc) is 1.08. The summed E-state index contributed by atoms with van der Waals surface area (Å²) in [5.74, 6) is 0. The smallest absolute Gasteiger partial charge is 0.252 e. The Balaban J connectivity index is 1.01. The molecule has 6 heteroatoms. The lowest BCUT2D eigenvalue weighted by atomic mass is 9.33. The Morgan fingerprint density at radius 1 is 0.304 bits per heavy atom. The zero-order valence-corrected chi connectivity index (χ0v) is 57.7. The van der Waals surface area contributed by atoms with E-state index >= 15 is 0 Å². The van der Waals surface area contributed by atoms with Crippen LogP contribution in [0.25, 0.3) is 121 Å². The number of hydrogen-bond acceptors (Lipinski definition) is 3. The average molecular weight is 1330 g/mol. The van der Waals surface area contributed by atoms with E-state index in [1.807, 2.05) is 115 Å². The number of anilines is 6. The lowest BCUT2D eigenvalue weighted by Gasteiger charge is -2.45. The first-order chi connectivity index (χ1) is 57.0. The summed E-state index contributed by atoms with van der Waals surface area (Å²) in [5, 5.41) is 2.92. The summed E-state index contributed by atoms with van der Waals surface area (Å²) in [7, 11) is 0. The number of nitrogens with zero attached hydrogens (tertiary/aromatic N) is 4. The van der Waals surface area contributed by atoms with Crippen molar-refractivity contribution in [2.75, 3.05) is 9.80 Å². The van der Waals surface area contributed by atoms with Crippen molar-refractivity contribution in [1.29, 1.82) is 0 Å². The monoisotopic (exact) mass is 1330 g/mol. The van der Waals surface area contributed by atoms with Gasteiger partial charge in [0.1, 0.15) is 0 Å². The molecule has 0 spiro atoms. The van der Waals surface area contributed by atoms with E-state index in [2.05, 4.69) is 143 Å². The van der Waals surface area contributed by atoms with Crippen LogP contribution in [0.4, 0.5) is 34.1 Å². The highest BCUT2D eigenvalue weighted by atomic mass is 16.3. The van der Waals surface area contributed by atoms with E-state index in [0.717, 1.165) is 77.4 Å². The maximum absolute atomic E-state index is 10.0. The third kappa shape index (κ3) is 9.59. The molecular weight excluding hydrogens is 1240 g/mol. The molecule has 0 N–H and O–H groups in total. The Morgan fingerprint density at radius 3 is 1.32 bits per heavy atom. The van der Waals surface area contributed by atoms with Gasteiger partial charge in [-0.2, -0.15) is 0 Å². The lowest BCUT2D eigenvalue weighted by Crippen LogP contribution is -2.61. The number of hydrogen-bond donors (Lipinski definition) is 0. The van der Waals surface area contributed by atoms with Crippen LogP contribution in [0.1, 0.15) is 104 Å². The minimum absolute atomic E-state index is 0.0397. The topological polar surface area (TPSA) is 29.5 Å². The number of aromatic nitrogens is 2. The molecule has 0 bridgehead atoms. The molecule has 3 aromatic heterocycles. The summed E-state index contributed by atoms with van der Waals surface area (Å²) in [6.07, 6.45) is 0. The van der Waals surface area contributed by atoms with Gasteiger partial charge in [-0.3, -0.25) is 0 Å². The Kier molecular flexibility index (Phi) is 10.1. The predicted octanol–water partition coefficient (Wildman–Crippen LogP) is 24.4. The number of rotatable bonds is 8. The lowest BCUT2D eigenvalue weighted by molar-refractivity contribution is 0.590. The molecule has 0 aliphatic carbocycles. The normalized spacial score (nSPS) is 15.6. The highest BCUT2D eigenvalue weighted by molar-refractivity contribution is 7.00. The highest BCUT2D eigenvalue weighted by Gasteiger charge is 2.46. The van der Waals surface area contributed by atoms with Gasteiger partial charge in [-0.25, -0.2) is 0 Å². The quantitative estimate of drug-likeness (QED) is 0.142. The molecule has 5 heterocycles. The summed E-state index contributed by atoms with van der Waals surface area (Å²) >= 11 is 0. The number of para-hydroxylation sites is 4. The highest BCUT2D eigenvalue weighted by Crippen LogP contribution is 2.54. The van der Waals surface area contributed by atoms with Crippen molar-refractivity contribution in [2.45, 2.75) is 78.6 Å². The molecule has 2 aliphatic rings. The van der Waals surface area contributed by atoms with Crippen molar-refractivity contribution >= 4 is 123 Å². The molecule has 14 aromatic carbocycles. The van der Waals surface area contributed by atoms with Gasteiger partial charge in [0.25, 0.3) is 6.71 Å². The molecule has 5 nitrogen and oxygen atoms in total. The van der Waals surface area contributed by atoms with Crippen molar-refractivity contribution < 1.29 is 29.1 Å². The van der Waals surface area contributed by atoms with Crippen LogP contribution in [0.5, 0.6) is 0 Å². The summed E-state index contributed by atoms with van der Waals surface area (Å²) in [6, 6.07) is 55.1. The molecule has 0 saturated carbocycles. The molecular formula is C96H77BN4O. The van der Waals surface area contributed by atoms with Crippen molar-refractivity contribution in [2.24, 2.45) is 0 Å². The van der Waals surface area contributed by atoms with Gasteiger partial charge in [-0.05, 0) is 174 Å². The van der Waals surface area contributed by atoms with E-state index in [1.165, 1.54) is 4.57 Å². The molecule has 102 heavy (non-hydrogen) atoms. The minimum atomic E-state index is -0.795. The van der Waals surface area contributed by atoms with Crippen LogP contribution in [-0.2, 0) is 16.2 Å². The Bertz CT molecular complexity index is 7150. The molecule has 0 fully saturated rings. The van der Waals surface area contributed by atoms with Crippen molar-refractivity contribution in [3.63, 3.8) is 0 Å². The van der Waals surface area contributed by atoms with Crippen LogP contribution < -0.4 is 26.2 Å². The van der Waals surface area contributed by atoms with Gasteiger partial charge in [0, 0.05) is 71.9 Å². The Hall–Kier alpha value is -11.9. The van der Waals surface area contributed by atoms with Crippen LogP contribution in [0, 0.1) is 0 Å². The van der Waals surface area contributed by atoms with Gasteiger partial charge in [0.15, 0.2) is 11.2 Å². The van der Waals surface area contributed by atoms with Crippen LogP contribution in [0.3, 0.4) is 0 Å². The molecule has 17 aromatic rings. The van der Waals surface area contributed by atoms with E-state index in [9.17, 15) is 13.7 Å². The van der Waals surface area contributed by atoms with Gasteiger partial charge in [-0.15, -0.1) is 0 Å². The molecule has 0 unspecified atom stereocenters. The maximum Gasteiger partial charge on any atom is 0.252 e. The second-order valence-corrected chi connectivity index (χ2v) is 29.9. The first kappa shape index (κ1) is 45.0. The molecule has 2 aliphatic heterocycles. The zero-order valence-electron chi connectivity index (χ0n) is 75.7. The second kappa shape index (κ2) is 22.8. The van der Waals surface area contributed by atoms with Crippen LogP contribution in [-0.4, -0.2) is 15.8 Å². The zero-order chi connectivity index (χ0) is 84.7. The maximum atomic E-state index is 10.0. The van der Waals surface area contributed by atoms with E-state index in [0.29, 0.717) is 55.9 Å². The van der Waals surface area contributed by atoms with Crippen molar-refractivity contribution in [1.82, 2.24) is 9.13 Å². The first-order valence-corrected chi connectivity index (χ1v) is 34.5. The molecule has 0 atom stereocenters. The molecule has 19 rings (SSSR count). The number of benzene rings is 14. The van der Waals surface area contributed by atoms with Crippen molar-refractivity contribution in [3.05, 3.63) is 320 Å². The van der Waals surface area contributed by atoms with Gasteiger partial charge in [0.05, 0.1) is 63.8 Å². The van der Waals surface area contributed by atoms with E-state index < -0.39 is 121 Å². The molecule has 0 radical (unpaired) electrons. The molecule has 0 saturated heterocycles. The number of fused-ring (bicyclic) bond motifs is 13. The molecule has 490 valence electrons. The van der Waals surface area contributed by atoms with Crippen molar-refractivity contribution in [3.8, 4) is 55.9 Å². The van der Waals surface area contributed by atoms with Gasteiger partial charge in [0.2, 0.25) is 0 Å². The van der Waals surface area contributed by atoms with Crippen LogP contribution in [0.15, 0.2) is 307 Å². The summed E-state index contributed by atoms with van der Waals surface area (Å²) in [6.45, 7) is 18.9. The van der Waals surface area contributed by atoms with Gasteiger partial charge in [-0.1, -0.05) is 274 Å². The fourth-order valence-corrected chi connectivity index (χ4v) is 15.7. The SMILES string of the molecule is [2H]c1c([2H])c([2H])c(-c2ccc3c(c2)N(c2c(-c4ccccc4)cc(C(C)(C)C)cc2-c2ccccc2)c2cc(-c4c([2H])c([2H])c([2H])c([2H])c4[2H])cc4c2B3c2ccc(-n3c5ccc(C(C)(C)C)cc5c5cc(C(C)(C)C)ccc53)cc2N4c2cccc3c2oc2c(-n4c5c([2H])c([2H])c([2H])c([2H])c5c5c([2H])c([2H])c([2H])c([2H])c54)cccc23)c([2H])c1[2H]. The number of furan rings is 1. The minimum Gasteiger partial charge on any atom is -0.452 e. The van der Waals surface area contributed by atoms with E-state index in [-0.39, 0.29) is 66.2 Å². The van der Waals surface area contributed by atoms with E-state index in [1.54, 1.807) is 12.1 Å². The van der Waals surface area contributed by atoms with Gasteiger partial charge < -0.3 is 23.4 Å². The largest absolute Gasteiger partial charge is 0.452 e. The Labute approximate surface area is 622 Å². The third-order valence-electron chi connectivity index (χ3n) is 20.8. The van der Waals surface area contributed by atoms with Crippen LogP contribution in [0.2, 0.25) is 0 Å². The summed E-state index contributed by atoms with van der Waals surface area (Å²) in [5.41, 5.74) is 14.2. The van der Waals surface area contributed by atoms with Gasteiger partial charge >= 0.3 is 0 Å². The summed E-state index contributed by atoms with van der Waals surface area (Å²) < 4.78 is 180. The Morgan fingerprint density at radius 2 is 0.775 bits per heavy atom. The standard InChI is InChI=1S/C96H77BN4O/c1-94(2,3)66-45-50-82-76(55-66)77-56-67(95(4,5)6)46-51-83(77)98(82)69-47-49-79-87(59-69)100(85-43-27-39-73-72-38-26-42-84(92(72)102-93(73)85)99-80-40-24-22-36-70(80)71-37-23-25-41-81(71)99)88-53-65(61-30-16-11-17-31-61)54-89-90(88)97(79)78-48-44-64(60-28-14-10-15-29-60)52-86(78)101(89)91-74(62-32-18-12-19-33-62)57-68(96(7,8)9)58-75(91)63-34-20-13-21-35-63/h10-59H,1-9H3/i10D,11D,14D,15D,16D,17D,22D,23D,24D,25D,28D,29D,30D,31D,36D,37D,40D,41D. The summed E-state index contributed by atoms with van der Waals surface area (Å²) in [4.78, 5) is 4.26. The first-order valence-electron chi connectivity index (χ1n) is 43.5. The fraction of sp³-hybridized carbons (Fsp3) is 0.125. The van der Waals surface area contributed by atoms with Crippen LogP contribution >= 0.6 is 0 Å².